The maximum absolute atomic E-state index is 14.4. The van der Waals surface area contributed by atoms with Crippen molar-refractivity contribution in [2.45, 2.75) is 109 Å². The SMILES string of the molecule is CCCC[C@H](NC(C)=O)C(=O)N[C@@H](C)C(=O)N[C@@H](Cc1cnc[nH]1)C(=O)N[C@H](Cc1ccccc1)C(=O)C[C@@H](CCCN=C(N)N)C(=O)NCC(=O)C[C@@H](Cc1c[nH]c2ccccc12)C(N)=O. The number of carbonyl (C=O) groups excluding carboxylic acids is 8. The topological polar surface area (TPSA) is 332 Å². The molecule has 0 unspecified atom stereocenters. The summed E-state index contributed by atoms with van der Waals surface area (Å²) in [6, 6.07) is 12.0. The third-order valence-electron chi connectivity index (χ3n) is 11.2. The Morgan fingerprint density at radius 2 is 1.42 bits per heavy atom. The number of imidazole rings is 1. The van der Waals surface area contributed by atoms with Crippen LogP contribution >= 0.6 is 0 Å². The van der Waals surface area contributed by atoms with Crippen molar-refractivity contribution in [3.63, 3.8) is 0 Å². The van der Waals surface area contributed by atoms with E-state index in [2.05, 4.69) is 46.5 Å². The number of unbranched alkanes of at least 4 members (excludes halogenated alkanes) is 1. The number of aromatic nitrogens is 3. The Kier molecular flexibility index (Phi) is 20.7. The summed E-state index contributed by atoms with van der Waals surface area (Å²) in [7, 11) is 0. The molecule has 6 amide bonds. The first-order chi connectivity index (χ1) is 32.0. The maximum Gasteiger partial charge on any atom is 0.243 e. The van der Waals surface area contributed by atoms with Crippen LogP contribution in [0.3, 0.4) is 0 Å². The zero-order valence-corrected chi connectivity index (χ0v) is 38.3. The molecule has 0 aliphatic carbocycles. The number of para-hydroxylation sites is 1. The summed E-state index contributed by atoms with van der Waals surface area (Å²) in [4.78, 5) is 121. The van der Waals surface area contributed by atoms with E-state index < -0.39 is 89.6 Å². The molecule has 0 saturated carbocycles. The van der Waals surface area contributed by atoms with Crippen LogP contribution in [0.15, 0.2) is 78.3 Å². The van der Waals surface area contributed by atoms with Crippen molar-refractivity contribution in [3.8, 4) is 0 Å². The van der Waals surface area contributed by atoms with Crippen molar-refractivity contribution in [3.05, 3.63) is 90.1 Å². The summed E-state index contributed by atoms with van der Waals surface area (Å²) >= 11 is 0. The Hall–Kier alpha value is -7.38. The van der Waals surface area contributed by atoms with Gasteiger partial charge in [-0.25, -0.2) is 4.98 Å². The highest BCUT2D eigenvalue weighted by atomic mass is 16.2. The van der Waals surface area contributed by atoms with Crippen LogP contribution in [0.4, 0.5) is 0 Å². The van der Waals surface area contributed by atoms with E-state index >= 15 is 0 Å². The zero-order valence-electron chi connectivity index (χ0n) is 38.3. The van der Waals surface area contributed by atoms with Gasteiger partial charge in [-0.3, -0.25) is 43.3 Å². The van der Waals surface area contributed by atoms with Gasteiger partial charge in [0.2, 0.25) is 35.4 Å². The average molecular weight is 925 g/mol. The molecule has 6 atom stereocenters. The number of H-pyrrole nitrogens is 2. The van der Waals surface area contributed by atoms with E-state index in [0.29, 0.717) is 30.5 Å². The number of primary amides is 1. The van der Waals surface area contributed by atoms with E-state index in [9.17, 15) is 38.4 Å². The zero-order chi connectivity index (χ0) is 48.9. The van der Waals surface area contributed by atoms with Crippen molar-refractivity contribution in [1.29, 1.82) is 0 Å². The molecule has 67 heavy (non-hydrogen) atoms. The number of aromatic amines is 2. The highest BCUT2D eigenvalue weighted by Crippen LogP contribution is 2.23. The molecule has 0 radical (unpaired) electrons. The second-order valence-electron chi connectivity index (χ2n) is 16.7. The van der Waals surface area contributed by atoms with Gasteiger partial charge in [0.15, 0.2) is 17.5 Å². The molecule has 2 heterocycles. The number of nitrogens with one attached hydrogen (secondary N) is 7. The summed E-state index contributed by atoms with van der Waals surface area (Å²) in [5.41, 5.74) is 19.6. The van der Waals surface area contributed by atoms with E-state index in [1.54, 1.807) is 36.5 Å². The number of hydrogen-bond donors (Lipinski definition) is 10. The first-order valence-corrected chi connectivity index (χ1v) is 22.5. The molecular weight excluding hydrogens is 861 g/mol. The molecule has 0 saturated heterocycles. The fraction of sp³-hybridized carbons (Fsp3) is 0.447. The molecule has 20 nitrogen and oxygen atoms in total. The summed E-state index contributed by atoms with van der Waals surface area (Å²) < 4.78 is 0. The summed E-state index contributed by atoms with van der Waals surface area (Å²) in [5.74, 6) is -6.62. The number of guanidine groups is 1. The molecule has 20 heteroatoms. The third-order valence-corrected chi connectivity index (χ3v) is 11.2. The van der Waals surface area contributed by atoms with E-state index in [0.717, 1.165) is 22.9 Å². The number of Topliss-reactive ketones (excluding diaryl/α,β-unsaturated/α-hetero) is 2. The van der Waals surface area contributed by atoms with Gasteiger partial charge in [-0.05, 0) is 56.2 Å². The van der Waals surface area contributed by atoms with Gasteiger partial charge in [-0.2, -0.15) is 0 Å². The number of rotatable bonds is 29. The molecule has 4 rings (SSSR count). The summed E-state index contributed by atoms with van der Waals surface area (Å²) in [5, 5.41) is 14.3. The normalized spacial score (nSPS) is 13.7. The second-order valence-corrected chi connectivity index (χ2v) is 16.7. The summed E-state index contributed by atoms with van der Waals surface area (Å²) in [6.45, 7) is 4.40. The minimum absolute atomic E-state index is 0.0245. The second kappa shape index (κ2) is 26.5. The van der Waals surface area contributed by atoms with Crippen molar-refractivity contribution in [1.82, 2.24) is 41.5 Å². The van der Waals surface area contributed by atoms with Gasteiger partial charge in [0.1, 0.15) is 18.1 Å². The smallest absolute Gasteiger partial charge is 0.243 e. The number of fused-ring (bicyclic) bond motifs is 1. The average Bonchev–Trinajstić information content (AvgIpc) is 3.97. The number of benzene rings is 2. The quantitative estimate of drug-likeness (QED) is 0.0207. The van der Waals surface area contributed by atoms with Crippen molar-refractivity contribution in [2.24, 2.45) is 34.0 Å². The number of nitrogens with two attached hydrogens (primary N) is 3. The Labute approximate surface area is 389 Å². The third kappa shape index (κ3) is 17.5. The number of hydrogen-bond acceptors (Lipinski definition) is 10. The van der Waals surface area contributed by atoms with Crippen LogP contribution in [-0.2, 0) is 57.6 Å². The Bertz CT molecular complexity index is 2330. The lowest BCUT2D eigenvalue weighted by molar-refractivity contribution is -0.135. The molecular formula is C47H64N12O8. The lowest BCUT2D eigenvalue weighted by Gasteiger charge is -2.26. The minimum atomic E-state index is -1.27. The first-order valence-electron chi connectivity index (χ1n) is 22.5. The van der Waals surface area contributed by atoms with Gasteiger partial charge in [0.05, 0.1) is 18.9 Å². The van der Waals surface area contributed by atoms with Crippen LogP contribution in [0, 0.1) is 11.8 Å². The van der Waals surface area contributed by atoms with E-state index in [-0.39, 0.29) is 51.0 Å². The van der Waals surface area contributed by atoms with Gasteiger partial charge < -0.3 is 53.8 Å². The van der Waals surface area contributed by atoms with Gasteiger partial charge in [-0.15, -0.1) is 0 Å². The maximum atomic E-state index is 14.4. The number of aliphatic imine (C=N–C) groups is 1. The molecule has 0 fully saturated rings. The largest absolute Gasteiger partial charge is 0.370 e. The fourth-order valence-corrected chi connectivity index (χ4v) is 7.56. The molecule has 2 aromatic carbocycles. The predicted octanol–water partition coefficient (Wildman–Crippen LogP) is 0.894. The summed E-state index contributed by atoms with van der Waals surface area (Å²) in [6.07, 6.45) is 6.43. The van der Waals surface area contributed by atoms with Crippen molar-refractivity contribution < 1.29 is 38.4 Å². The first kappa shape index (κ1) is 52.2. The molecule has 13 N–H and O–H groups in total. The lowest BCUT2D eigenvalue weighted by atomic mass is 9.90. The van der Waals surface area contributed by atoms with Gasteiger partial charge in [0, 0.05) is 73.6 Å². The van der Waals surface area contributed by atoms with Gasteiger partial charge in [0.25, 0.3) is 0 Å². The number of amides is 6. The minimum Gasteiger partial charge on any atom is -0.370 e. The predicted molar refractivity (Wildman–Crippen MR) is 251 cm³/mol. The molecule has 360 valence electrons. The molecule has 0 spiro atoms. The van der Waals surface area contributed by atoms with Crippen LogP contribution in [0.2, 0.25) is 0 Å². The van der Waals surface area contributed by atoms with Crippen LogP contribution in [0.5, 0.6) is 0 Å². The van der Waals surface area contributed by atoms with Crippen LogP contribution in [-0.4, -0.2) is 105 Å². The van der Waals surface area contributed by atoms with Crippen molar-refractivity contribution in [2.75, 3.05) is 13.1 Å². The molecule has 2 aromatic heterocycles. The number of carbonyl (C=O) groups is 8. The Balaban J connectivity index is 1.50. The Morgan fingerprint density at radius 1 is 0.716 bits per heavy atom. The fourth-order valence-electron chi connectivity index (χ4n) is 7.56. The van der Waals surface area contributed by atoms with Gasteiger partial charge >= 0.3 is 0 Å². The molecule has 4 aromatic rings. The van der Waals surface area contributed by atoms with E-state index in [1.807, 2.05) is 31.2 Å². The molecule has 0 aliphatic heterocycles. The highest BCUT2D eigenvalue weighted by Gasteiger charge is 2.33. The van der Waals surface area contributed by atoms with E-state index in [4.69, 9.17) is 17.2 Å². The van der Waals surface area contributed by atoms with Crippen LogP contribution < -0.4 is 43.8 Å². The Morgan fingerprint density at radius 3 is 2.09 bits per heavy atom. The van der Waals surface area contributed by atoms with Gasteiger partial charge in [-0.1, -0.05) is 68.3 Å². The van der Waals surface area contributed by atoms with Crippen LogP contribution in [0.25, 0.3) is 10.9 Å². The standard InChI is InChI=1S/C47H64N12O8/c1-4-5-16-38(57-29(3)60)45(66)56-28(2)43(64)59-40(23-34-25-51-27-55-34)46(67)58-39(19-30-12-7-6-8-13-30)41(62)22-31(14-11-18-52-47(49)50)44(65)54-26-35(61)21-32(42(48)63)20-33-24-53-37-17-10-9-15-36(33)37/h6-10,12-13,15,17,24-25,27-28,31-32,38-40,53H,4-5,11,14,16,18-23,26H2,1-3H3,(H2,48,63)(H,51,55)(H,54,65)(H,56,66)(H,57,60)(H,58,67)(H,59,64)(H4,49,50,52)/t28-,31+,32+,38-,39+,40-/m0/s1. The molecule has 0 bridgehead atoms. The number of nitrogens with zero attached hydrogens (tertiary/aromatic N) is 2. The monoisotopic (exact) mass is 924 g/mol. The highest BCUT2D eigenvalue weighted by molar-refractivity contribution is 5.97. The van der Waals surface area contributed by atoms with Crippen LogP contribution in [0.1, 0.15) is 82.5 Å². The van der Waals surface area contributed by atoms with E-state index in [1.165, 1.54) is 26.4 Å². The van der Waals surface area contributed by atoms with Crippen molar-refractivity contribution >= 4 is 63.9 Å². The number of ketones is 2. The molecule has 0 aliphatic rings. The lowest BCUT2D eigenvalue weighted by Crippen LogP contribution is -2.57.